The van der Waals surface area contributed by atoms with Crippen molar-refractivity contribution >= 4 is 29.2 Å². The fourth-order valence-corrected chi connectivity index (χ4v) is 4.10. The predicted molar refractivity (Wildman–Crippen MR) is 113 cm³/mol. The van der Waals surface area contributed by atoms with E-state index < -0.39 is 12.1 Å². The molecule has 1 aromatic heterocycles. The van der Waals surface area contributed by atoms with Gasteiger partial charge >= 0.3 is 12.1 Å². The minimum Gasteiger partial charge on any atom is -0.465 e. The molecule has 0 saturated heterocycles. The van der Waals surface area contributed by atoms with Crippen molar-refractivity contribution in [3.8, 4) is 0 Å². The number of ketones is 1. The van der Waals surface area contributed by atoms with E-state index in [1.165, 1.54) is 23.3 Å². The minimum atomic E-state index is -0.519. The molecule has 1 heterocycles. The largest absolute Gasteiger partial charge is 0.465 e. The summed E-state index contributed by atoms with van der Waals surface area (Å²) in [6.07, 6.45) is 1.14. The summed E-state index contributed by atoms with van der Waals surface area (Å²) in [5, 5.41) is 0. The highest BCUT2D eigenvalue weighted by molar-refractivity contribution is 7.14. The van der Waals surface area contributed by atoms with Crippen molar-refractivity contribution in [2.45, 2.75) is 40.2 Å². The van der Waals surface area contributed by atoms with Gasteiger partial charge in [-0.2, -0.15) is 0 Å². The van der Waals surface area contributed by atoms with Gasteiger partial charge in [-0.15, -0.1) is 11.3 Å². The molecule has 156 valence electrons. The van der Waals surface area contributed by atoms with Crippen LogP contribution in [0.2, 0.25) is 0 Å². The Morgan fingerprint density at radius 3 is 2.41 bits per heavy atom. The number of hydrogen-bond donors (Lipinski definition) is 0. The minimum absolute atomic E-state index is 0.0906. The molecule has 0 atom stereocenters. The van der Waals surface area contributed by atoms with E-state index in [1.54, 1.807) is 13.8 Å². The van der Waals surface area contributed by atoms with Crippen LogP contribution >= 0.6 is 11.3 Å². The van der Waals surface area contributed by atoms with E-state index >= 15 is 0 Å². The predicted octanol–water partition coefficient (Wildman–Crippen LogP) is 4.77. The lowest BCUT2D eigenvalue weighted by Gasteiger charge is -2.21. The number of Topliss-reactive ketones (excluding diaryl/α,β-unsaturated/α-hetero) is 1. The number of benzene rings is 1. The van der Waals surface area contributed by atoms with Crippen LogP contribution in [0, 0.1) is 13.8 Å². The molecule has 1 aromatic carbocycles. The van der Waals surface area contributed by atoms with E-state index in [9.17, 15) is 14.4 Å². The van der Waals surface area contributed by atoms with Gasteiger partial charge < -0.3 is 14.4 Å². The molecule has 7 heteroatoms. The molecule has 0 N–H and O–H groups in total. The second-order valence-corrected chi connectivity index (χ2v) is 7.94. The van der Waals surface area contributed by atoms with Crippen molar-refractivity contribution in [1.82, 2.24) is 4.90 Å². The Balaban J connectivity index is 2.12. The highest BCUT2D eigenvalue weighted by Gasteiger charge is 2.26. The number of carbonyl (C=O) groups is 3. The number of unbranched alkanes of at least 4 members (excludes halogenated alkanes) is 1. The Bertz CT molecular complexity index is 860. The average molecular weight is 418 g/mol. The Hall–Kier alpha value is -2.67. The molecule has 0 saturated carbocycles. The van der Waals surface area contributed by atoms with E-state index in [-0.39, 0.29) is 18.9 Å². The maximum atomic E-state index is 13.0. The molecule has 6 nitrogen and oxygen atoms in total. The first-order chi connectivity index (χ1) is 13.9. The maximum absolute atomic E-state index is 13.0. The van der Waals surface area contributed by atoms with Crippen LogP contribution < -0.4 is 0 Å². The zero-order valence-electron chi connectivity index (χ0n) is 17.3. The molecule has 0 aliphatic rings. The van der Waals surface area contributed by atoms with Gasteiger partial charge in [-0.3, -0.25) is 4.79 Å². The number of nitrogens with zero attached hydrogens (tertiary/aromatic N) is 1. The molecule has 0 aliphatic carbocycles. The Kier molecular flexibility index (Phi) is 8.39. The molecule has 29 heavy (non-hydrogen) atoms. The number of rotatable bonds is 9. The quantitative estimate of drug-likeness (QED) is 0.434. The van der Waals surface area contributed by atoms with E-state index in [0.29, 0.717) is 22.5 Å². The Labute approximate surface area is 175 Å². The summed E-state index contributed by atoms with van der Waals surface area (Å²) in [6, 6.07) is 9.40. The van der Waals surface area contributed by atoms with Crippen LogP contribution in [-0.2, 0) is 16.1 Å². The lowest BCUT2D eigenvalue weighted by atomic mass is 10.1. The molecule has 0 unspecified atom stereocenters. The topological polar surface area (TPSA) is 72.9 Å². The number of ether oxygens (including phenoxy) is 2. The number of amides is 1. The molecule has 0 bridgehead atoms. The van der Waals surface area contributed by atoms with Gasteiger partial charge in [-0.1, -0.05) is 43.7 Å². The van der Waals surface area contributed by atoms with E-state index in [0.717, 1.165) is 23.3 Å². The summed E-state index contributed by atoms with van der Waals surface area (Å²) < 4.78 is 10.2. The average Bonchev–Trinajstić information content (AvgIpc) is 3.03. The fourth-order valence-electron chi connectivity index (χ4n) is 3.00. The van der Waals surface area contributed by atoms with Crippen molar-refractivity contribution in [3.63, 3.8) is 0 Å². The zero-order chi connectivity index (χ0) is 21.4. The van der Waals surface area contributed by atoms with Crippen LogP contribution in [-0.4, -0.2) is 42.9 Å². The highest BCUT2D eigenvalue weighted by atomic mass is 32.1. The number of methoxy groups -OCH3 is 1. The number of thiophene rings is 1. The van der Waals surface area contributed by atoms with Crippen molar-refractivity contribution < 1.29 is 23.9 Å². The van der Waals surface area contributed by atoms with Crippen LogP contribution in [0.1, 0.15) is 55.8 Å². The van der Waals surface area contributed by atoms with Crippen LogP contribution in [0.25, 0.3) is 0 Å². The number of hydrogen-bond acceptors (Lipinski definition) is 6. The molecule has 0 radical (unpaired) electrons. The van der Waals surface area contributed by atoms with Crippen molar-refractivity contribution in [3.05, 3.63) is 56.8 Å². The number of aryl methyl sites for hydroxylation is 1. The van der Waals surface area contributed by atoms with E-state index in [1.807, 2.05) is 37.3 Å². The van der Waals surface area contributed by atoms with Crippen molar-refractivity contribution in [2.24, 2.45) is 0 Å². The molecule has 0 fully saturated rings. The molecule has 2 rings (SSSR count). The highest BCUT2D eigenvalue weighted by Crippen LogP contribution is 2.28. The summed E-state index contributed by atoms with van der Waals surface area (Å²) in [7, 11) is 1.31. The summed E-state index contributed by atoms with van der Waals surface area (Å²) in [6.45, 7) is 6.04. The smallest absolute Gasteiger partial charge is 0.410 e. The zero-order valence-corrected chi connectivity index (χ0v) is 18.1. The molecule has 1 amide bonds. The third-order valence-electron chi connectivity index (χ3n) is 4.55. The number of carbonyl (C=O) groups excluding carboxylic acids is 3. The second kappa shape index (κ2) is 10.8. The van der Waals surface area contributed by atoms with Gasteiger partial charge in [-0.05, 0) is 31.4 Å². The van der Waals surface area contributed by atoms with Gasteiger partial charge in [0.1, 0.15) is 11.5 Å². The summed E-state index contributed by atoms with van der Waals surface area (Å²) >= 11 is 1.23. The van der Waals surface area contributed by atoms with Crippen LogP contribution in [0.5, 0.6) is 0 Å². The first-order valence-electron chi connectivity index (χ1n) is 9.56. The summed E-state index contributed by atoms with van der Waals surface area (Å²) in [5.74, 6) is -0.668. The summed E-state index contributed by atoms with van der Waals surface area (Å²) in [4.78, 5) is 40.1. The first kappa shape index (κ1) is 22.6. The van der Waals surface area contributed by atoms with Gasteiger partial charge in [0.25, 0.3) is 0 Å². The normalized spacial score (nSPS) is 10.5. The van der Waals surface area contributed by atoms with Gasteiger partial charge in [0.2, 0.25) is 0 Å². The molecule has 0 aliphatic heterocycles. The molecule has 0 spiro atoms. The lowest BCUT2D eigenvalue weighted by molar-refractivity contribution is 0.0605. The third kappa shape index (κ3) is 5.90. The van der Waals surface area contributed by atoms with Gasteiger partial charge in [0.05, 0.1) is 13.7 Å². The fraction of sp³-hybridized carbons (Fsp3) is 0.409. The lowest BCUT2D eigenvalue weighted by Crippen LogP contribution is -2.37. The third-order valence-corrected chi connectivity index (χ3v) is 5.74. The van der Waals surface area contributed by atoms with Gasteiger partial charge in [0, 0.05) is 17.0 Å². The van der Waals surface area contributed by atoms with Crippen LogP contribution in [0.3, 0.4) is 0 Å². The standard InChI is InChI=1S/C22H27NO5S/c1-5-6-12-23(22(26)28-14-17-10-8-7-9-11-17)13-18(24)19-15(2)20(21(25)27-4)29-16(19)3/h7-11H,5-6,12-14H2,1-4H3. The first-order valence-corrected chi connectivity index (χ1v) is 10.4. The van der Waals surface area contributed by atoms with Gasteiger partial charge in [0.15, 0.2) is 5.78 Å². The molecular formula is C22H27NO5S. The van der Waals surface area contributed by atoms with E-state index in [2.05, 4.69) is 0 Å². The van der Waals surface area contributed by atoms with Gasteiger partial charge in [-0.25, -0.2) is 9.59 Å². The van der Waals surface area contributed by atoms with E-state index in [4.69, 9.17) is 9.47 Å². The van der Waals surface area contributed by atoms with Crippen molar-refractivity contribution in [1.29, 1.82) is 0 Å². The maximum Gasteiger partial charge on any atom is 0.410 e. The monoisotopic (exact) mass is 417 g/mol. The second-order valence-electron chi connectivity index (χ2n) is 6.72. The Morgan fingerprint density at radius 1 is 1.10 bits per heavy atom. The Morgan fingerprint density at radius 2 is 1.79 bits per heavy atom. The van der Waals surface area contributed by atoms with Crippen LogP contribution in [0.15, 0.2) is 30.3 Å². The van der Waals surface area contributed by atoms with Crippen LogP contribution in [0.4, 0.5) is 4.79 Å². The SMILES string of the molecule is CCCCN(CC(=O)c1c(C)sc(C(=O)OC)c1C)C(=O)OCc1ccccc1. The number of esters is 1. The summed E-state index contributed by atoms with van der Waals surface area (Å²) in [5.41, 5.74) is 1.96. The molecular weight excluding hydrogens is 390 g/mol. The molecule has 2 aromatic rings. The van der Waals surface area contributed by atoms with Crippen molar-refractivity contribution in [2.75, 3.05) is 20.2 Å².